The van der Waals surface area contributed by atoms with Gasteiger partial charge in [0, 0.05) is 6.21 Å². The van der Waals surface area contributed by atoms with Crippen molar-refractivity contribution in [1.82, 2.24) is 9.97 Å². The van der Waals surface area contributed by atoms with Gasteiger partial charge in [-0.25, -0.2) is 23.1 Å². The van der Waals surface area contributed by atoms with Crippen molar-refractivity contribution in [3.8, 4) is 5.75 Å². The highest BCUT2D eigenvalue weighted by Gasteiger charge is 2.31. The summed E-state index contributed by atoms with van der Waals surface area (Å²) in [5, 5.41) is 0. The molecule has 1 saturated heterocycles. The van der Waals surface area contributed by atoms with Crippen molar-refractivity contribution in [3.63, 3.8) is 0 Å². The molecule has 1 aromatic carbocycles. The van der Waals surface area contributed by atoms with Gasteiger partial charge in [0.15, 0.2) is 11.5 Å². The van der Waals surface area contributed by atoms with Crippen molar-refractivity contribution in [3.05, 3.63) is 36.7 Å². The number of hydrogen-bond donors (Lipinski definition) is 1. The van der Waals surface area contributed by atoms with Gasteiger partial charge in [-0.3, -0.25) is 4.99 Å². The summed E-state index contributed by atoms with van der Waals surface area (Å²) in [6.07, 6.45) is 4.15. The minimum Gasteiger partial charge on any atom is -0.494 e. The Kier molecular flexibility index (Phi) is 5.40. The van der Waals surface area contributed by atoms with Gasteiger partial charge in [-0.1, -0.05) is 0 Å². The molecule has 0 aliphatic carbocycles. The SMILES string of the molecule is COc1cnc(NS(=O)(=O)c2ccc(N=C[C@H]3COC(C)(C)O3)cc2)nc1. The van der Waals surface area contributed by atoms with Crippen LogP contribution in [0.5, 0.6) is 5.75 Å². The van der Waals surface area contributed by atoms with Crippen LogP contribution in [0, 0.1) is 0 Å². The molecule has 0 saturated carbocycles. The molecule has 1 N–H and O–H groups in total. The number of benzene rings is 1. The summed E-state index contributed by atoms with van der Waals surface area (Å²) in [7, 11) is -2.34. The van der Waals surface area contributed by atoms with E-state index in [1.807, 2.05) is 13.8 Å². The van der Waals surface area contributed by atoms with Crippen molar-refractivity contribution < 1.29 is 22.6 Å². The van der Waals surface area contributed by atoms with Gasteiger partial charge in [0.1, 0.15) is 6.10 Å². The lowest BCUT2D eigenvalue weighted by atomic mass is 10.3. The molecule has 1 aliphatic heterocycles. The fourth-order valence-electron chi connectivity index (χ4n) is 2.32. The monoisotopic (exact) mass is 392 g/mol. The maximum atomic E-state index is 12.4. The Morgan fingerprint density at radius 2 is 1.93 bits per heavy atom. The Morgan fingerprint density at radius 1 is 1.26 bits per heavy atom. The summed E-state index contributed by atoms with van der Waals surface area (Å²) < 4.78 is 43.2. The molecule has 27 heavy (non-hydrogen) atoms. The number of aromatic nitrogens is 2. The zero-order valence-electron chi connectivity index (χ0n) is 15.1. The van der Waals surface area contributed by atoms with Crippen molar-refractivity contribution in [2.75, 3.05) is 18.4 Å². The molecule has 10 heteroatoms. The van der Waals surface area contributed by atoms with Crippen molar-refractivity contribution >= 4 is 27.9 Å². The first-order valence-electron chi connectivity index (χ1n) is 8.12. The van der Waals surface area contributed by atoms with E-state index < -0.39 is 15.8 Å². The van der Waals surface area contributed by atoms with Gasteiger partial charge >= 0.3 is 0 Å². The molecule has 0 amide bonds. The molecule has 1 aliphatic rings. The van der Waals surface area contributed by atoms with Gasteiger partial charge in [0.25, 0.3) is 10.0 Å². The Morgan fingerprint density at radius 3 is 2.48 bits per heavy atom. The highest BCUT2D eigenvalue weighted by molar-refractivity contribution is 7.92. The van der Waals surface area contributed by atoms with Gasteiger partial charge in [-0.2, -0.15) is 0 Å². The molecule has 0 radical (unpaired) electrons. The lowest BCUT2D eigenvalue weighted by molar-refractivity contribution is -0.130. The van der Waals surface area contributed by atoms with Gasteiger partial charge in [-0.15, -0.1) is 0 Å². The molecule has 1 aromatic heterocycles. The predicted molar refractivity (Wildman–Crippen MR) is 98.9 cm³/mol. The van der Waals surface area contributed by atoms with E-state index in [1.54, 1.807) is 18.3 Å². The van der Waals surface area contributed by atoms with Crippen molar-refractivity contribution in [2.45, 2.75) is 30.6 Å². The standard InChI is InChI=1S/C17H20N4O5S/c1-17(2)25-11-14(26-17)10-18-12-4-6-15(7-5-12)27(22,23)21-16-19-8-13(24-3)9-20-16/h4-10,14H,11H2,1-3H3,(H,19,20,21)/t14-/m0/s1. The fourth-order valence-corrected chi connectivity index (χ4v) is 3.28. The Balaban J connectivity index is 1.66. The number of aliphatic imine (C=N–C) groups is 1. The molecule has 2 heterocycles. The summed E-state index contributed by atoms with van der Waals surface area (Å²) in [5.74, 6) is -0.233. The van der Waals surface area contributed by atoms with Crippen LogP contribution in [-0.2, 0) is 19.5 Å². The lowest BCUT2D eigenvalue weighted by Crippen LogP contribution is -2.21. The average molecular weight is 392 g/mol. The van der Waals surface area contributed by atoms with Crippen molar-refractivity contribution in [2.24, 2.45) is 4.99 Å². The zero-order valence-corrected chi connectivity index (χ0v) is 15.9. The van der Waals surface area contributed by atoms with Crippen LogP contribution in [-0.4, -0.2) is 50.2 Å². The van der Waals surface area contributed by atoms with Crippen LogP contribution in [0.1, 0.15) is 13.8 Å². The second-order valence-electron chi connectivity index (χ2n) is 6.19. The van der Waals surface area contributed by atoms with Gasteiger partial charge in [-0.05, 0) is 38.1 Å². The molecule has 0 unspecified atom stereocenters. The molecule has 3 rings (SSSR count). The molecule has 1 fully saturated rings. The van der Waals surface area contributed by atoms with E-state index in [1.165, 1.54) is 31.6 Å². The van der Waals surface area contributed by atoms with Crippen LogP contribution in [0.3, 0.4) is 0 Å². The molecule has 1 atom stereocenters. The van der Waals surface area contributed by atoms with E-state index in [2.05, 4.69) is 19.7 Å². The first kappa shape index (κ1) is 19.2. The number of methoxy groups -OCH3 is 1. The smallest absolute Gasteiger partial charge is 0.264 e. The third-order valence-electron chi connectivity index (χ3n) is 3.66. The third kappa shape index (κ3) is 5.00. The minimum atomic E-state index is -3.81. The summed E-state index contributed by atoms with van der Waals surface area (Å²) >= 11 is 0. The summed E-state index contributed by atoms with van der Waals surface area (Å²) in [6, 6.07) is 6.10. The third-order valence-corrected chi connectivity index (χ3v) is 5.00. The average Bonchev–Trinajstić information content (AvgIpc) is 2.99. The molecule has 0 bridgehead atoms. The number of hydrogen-bond acceptors (Lipinski definition) is 8. The van der Waals surface area contributed by atoms with Gasteiger partial charge in [0.05, 0.1) is 36.7 Å². The minimum absolute atomic E-state index is 0.0427. The molecule has 0 spiro atoms. The van der Waals surface area contributed by atoms with E-state index in [9.17, 15) is 8.42 Å². The van der Waals surface area contributed by atoms with E-state index in [0.29, 0.717) is 18.0 Å². The Labute approximate surface area is 157 Å². The number of ether oxygens (including phenoxy) is 3. The second-order valence-corrected chi connectivity index (χ2v) is 7.87. The second kappa shape index (κ2) is 7.59. The Bertz CT molecular complexity index is 911. The zero-order chi connectivity index (χ0) is 19.5. The number of nitrogens with zero attached hydrogens (tertiary/aromatic N) is 3. The molecular weight excluding hydrogens is 372 g/mol. The highest BCUT2D eigenvalue weighted by atomic mass is 32.2. The largest absolute Gasteiger partial charge is 0.494 e. The molecule has 2 aromatic rings. The quantitative estimate of drug-likeness (QED) is 0.750. The molecule has 144 valence electrons. The van der Waals surface area contributed by atoms with Crippen LogP contribution < -0.4 is 9.46 Å². The van der Waals surface area contributed by atoms with E-state index >= 15 is 0 Å². The summed E-state index contributed by atoms with van der Waals surface area (Å²) in [5.41, 5.74) is 0.600. The topological polar surface area (TPSA) is 112 Å². The summed E-state index contributed by atoms with van der Waals surface area (Å²) in [6.45, 7) is 4.09. The van der Waals surface area contributed by atoms with E-state index in [0.717, 1.165) is 0 Å². The first-order valence-corrected chi connectivity index (χ1v) is 9.61. The van der Waals surface area contributed by atoms with Crippen LogP contribution in [0.25, 0.3) is 0 Å². The number of sulfonamides is 1. The number of rotatable bonds is 6. The van der Waals surface area contributed by atoms with E-state index in [-0.39, 0.29) is 16.9 Å². The van der Waals surface area contributed by atoms with Gasteiger partial charge < -0.3 is 14.2 Å². The van der Waals surface area contributed by atoms with Crippen LogP contribution >= 0.6 is 0 Å². The molecular formula is C17H20N4O5S. The maximum absolute atomic E-state index is 12.4. The predicted octanol–water partition coefficient (Wildman–Crippen LogP) is 2.14. The fraction of sp³-hybridized carbons (Fsp3) is 0.353. The Hall–Kier alpha value is -2.56. The summed E-state index contributed by atoms with van der Waals surface area (Å²) in [4.78, 5) is 12.1. The maximum Gasteiger partial charge on any atom is 0.264 e. The number of anilines is 1. The van der Waals surface area contributed by atoms with E-state index in [4.69, 9.17) is 14.2 Å². The number of nitrogens with one attached hydrogen (secondary N) is 1. The normalized spacial score (nSPS) is 19.3. The first-order chi connectivity index (χ1) is 12.8. The highest BCUT2D eigenvalue weighted by Crippen LogP contribution is 2.23. The van der Waals surface area contributed by atoms with Crippen molar-refractivity contribution in [1.29, 1.82) is 0 Å². The molecule has 9 nitrogen and oxygen atoms in total. The van der Waals surface area contributed by atoms with Crippen LogP contribution in [0.2, 0.25) is 0 Å². The van der Waals surface area contributed by atoms with Gasteiger partial charge in [0.2, 0.25) is 5.95 Å². The van der Waals surface area contributed by atoms with Crippen LogP contribution in [0.15, 0.2) is 46.5 Å². The lowest BCUT2D eigenvalue weighted by Gasteiger charge is -2.15. The van der Waals surface area contributed by atoms with Crippen LogP contribution in [0.4, 0.5) is 11.6 Å².